The van der Waals surface area contributed by atoms with Crippen molar-refractivity contribution in [3.8, 4) is 5.75 Å². The van der Waals surface area contributed by atoms with E-state index in [2.05, 4.69) is 5.32 Å². The molecule has 4 rings (SSSR count). The fourth-order valence-electron chi connectivity index (χ4n) is 4.29. The smallest absolute Gasteiger partial charge is 0.341 e. The number of hydrogen-bond donors (Lipinski definition) is 2. The van der Waals surface area contributed by atoms with Gasteiger partial charge in [-0.2, -0.15) is 0 Å². The van der Waals surface area contributed by atoms with E-state index in [9.17, 15) is 19.1 Å². The van der Waals surface area contributed by atoms with Crippen molar-refractivity contribution in [2.75, 3.05) is 38.7 Å². The Labute approximate surface area is 190 Å². The van der Waals surface area contributed by atoms with Crippen molar-refractivity contribution in [1.29, 1.82) is 0 Å². The molecule has 2 heterocycles. The highest BCUT2D eigenvalue weighted by Crippen LogP contribution is 2.44. The van der Waals surface area contributed by atoms with Gasteiger partial charge in [0.15, 0.2) is 11.6 Å². The number of carbonyl (C=O) groups is 1. The molecule has 10 heteroatoms. The predicted octanol–water partition coefficient (Wildman–Crippen LogP) is 3.65. The van der Waals surface area contributed by atoms with Gasteiger partial charge in [0.1, 0.15) is 17.1 Å². The number of ether oxygens (including phenoxy) is 1. The summed E-state index contributed by atoms with van der Waals surface area (Å²) in [6.07, 6.45) is 4.23. The number of anilines is 1. The van der Waals surface area contributed by atoms with Gasteiger partial charge in [0.25, 0.3) is 0 Å². The van der Waals surface area contributed by atoms with Gasteiger partial charge < -0.3 is 24.6 Å². The molecule has 2 N–H and O–H groups in total. The maximum Gasteiger partial charge on any atom is 0.341 e. The van der Waals surface area contributed by atoms with Crippen LogP contribution in [0.1, 0.15) is 42.1 Å². The van der Waals surface area contributed by atoms with Crippen molar-refractivity contribution >= 4 is 35.0 Å². The summed E-state index contributed by atoms with van der Waals surface area (Å²) >= 11 is 0. The molecule has 2 aliphatic rings. The molecule has 0 bridgehead atoms. The number of hydrogen-bond acceptors (Lipinski definition) is 5. The van der Waals surface area contributed by atoms with Gasteiger partial charge in [-0.3, -0.25) is 4.79 Å². The maximum atomic E-state index is 15.3. The summed E-state index contributed by atoms with van der Waals surface area (Å²) < 4.78 is 37.1. The standard InChI is InChI=1S/C22H25F2N3O4.ClH/c1-25-9-17(24)12-4-3-7-26(10-12)19-16(23)8-14-18(21(19)31-2)27(13-5-6-13)11-15(20(14)28)22(29)30;/h8,11,13,25H,3-7,9-10H2,1-2H3,(H,29,30);1H/b17-12-;. The first kappa shape index (κ1) is 24.0. The van der Waals surface area contributed by atoms with Crippen LogP contribution in [0.15, 0.2) is 28.5 Å². The molecule has 174 valence electrons. The van der Waals surface area contributed by atoms with E-state index in [1.807, 2.05) is 0 Å². The van der Waals surface area contributed by atoms with Gasteiger partial charge in [-0.05, 0) is 44.4 Å². The first-order chi connectivity index (χ1) is 14.9. The van der Waals surface area contributed by atoms with Crippen molar-refractivity contribution < 1.29 is 23.4 Å². The summed E-state index contributed by atoms with van der Waals surface area (Å²) in [7, 11) is 3.06. The van der Waals surface area contributed by atoms with E-state index in [1.54, 1.807) is 16.5 Å². The predicted molar refractivity (Wildman–Crippen MR) is 121 cm³/mol. The molecule has 0 spiro atoms. The molecule has 7 nitrogen and oxygen atoms in total. The quantitative estimate of drug-likeness (QED) is 0.672. The Hall–Kier alpha value is -2.65. The second-order valence-electron chi connectivity index (χ2n) is 8.02. The van der Waals surface area contributed by atoms with E-state index in [0.29, 0.717) is 30.5 Å². The average Bonchev–Trinajstić information content (AvgIpc) is 3.58. The van der Waals surface area contributed by atoms with Crippen LogP contribution < -0.4 is 20.4 Å². The molecule has 0 unspecified atom stereocenters. The molecule has 2 fully saturated rings. The number of methoxy groups -OCH3 is 1. The van der Waals surface area contributed by atoms with Gasteiger partial charge in [-0.1, -0.05) is 0 Å². The Morgan fingerprint density at radius 1 is 1.38 bits per heavy atom. The molecule has 32 heavy (non-hydrogen) atoms. The van der Waals surface area contributed by atoms with Gasteiger partial charge in [-0.15, -0.1) is 12.4 Å². The Balaban J connectivity index is 0.00000289. The van der Waals surface area contributed by atoms with Gasteiger partial charge in [-0.25, -0.2) is 13.6 Å². The number of benzene rings is 1. The number of piperidine rings is 1. The van der Waals surface area contributed by atoms with Crippen LogP contribution in [0.2, 0.25) is 0 Å². The lowest BCUT2D eigenvalue weighted by atomic mass is 10.0. The van der Waals surface area contributed by atoms with Crippen molar-refractivity contribution in [1.82, 2.24) is 9.88 Å². The highest BCUT2D eigenvalue weighted by atomic mass is 35.5. The van der Waals surface area contributed by atoms with E-state index < -0.39 is 22.8 Å². The number of carboxylic acid groups (broad SMARTS) is 1. The van der Waals surface area contributed by atoms with E-state index in [4.69, 9.17) is 4.74 Å². The van der Waals surface area contributed by atoms with Crippen molar-refractivity contribution in [3.05, 3.63) is 45.3 Å². The summed E-state index contributed by atoms with van der Waals surface area (Å²) in [6, 6.07) is 1.11. The van der Waals surface area contributed by atoms with Crippen molar-refractivity contribution in [3.63, 3.8) is 0 Å². The largest absolute Gasteiger partial charge is 0.492 e. The normalized spacial score (nSPS) is 17.8. The molecule has 1 aromatic carbocycles. The van der Waals surface area contributed by atoms with Crippen LogP contribution in [0.25, 0.3) is 10.9 Å². The van der Waals surface area contributed by atoms with Gasteiger partial charge in [0.2, 0.25) is 5.43 Å². The highest BCUT2D eigenvalue weighted by molar-refractivity contribution is 5.97. The molecular weight excluding hydrogens is 444 g/mol. The average molecular weight is 470 g/mol. The lowest BCUT2D eigenvalue weighted by Crippen LogP contribution is -2.33. The van der Waals surface area contributed by atoms with Crippen LogP contribution >= 0.6 is 12.4 Å². The van der Waals surface area contributed by atoms with Gasteiger partial charge >= 0.3 is 5.97 Å². The number of likely N-dealkylation sites (N-methyl/N-ethyl adjacent to an activating group) is 1. The lowest BCUT2D eigenvalue weighted by Gasteiger charge is -2.33. The van der Waals surface area contributed by atoms with Crippen LogP contribution in [-0.4, -0.2) is 49.4 Å². The highest BCUT2D eigenvalue weighted by Gasteiger charge is 2.32. The van der Waals surface area contributed by atoms with E-state index in [0.717, 1.165) is 18.9 Å². The zero-order valence-electron chi connectivity index (χ0n) is 17.9. The third-order valence-electron chi connectivity index (χ3n) is 5.89. The minimum absolute atomic E-state index is 0. The number of rotatable bonds is 6. The maximum absolute atomic E-state index is 15.3. The number of carboxylic acids is 1. The number of nitrogens with one attached hydrogen (secondary N) is 1. The molecular formula is C22H26ClF2N3O4. The van der Waals surface area contributed by atoms with E-state index in [1.165, 1.54) is 13.3 Å². The molecule has 0 atom stereocenters. The third-order valence-corrected chi connectivity index (χ3v) is 5.89. The Bertz CT molecular complexity index is 1140. The minimum atomic E-state index is -1.35. The number of aromatic nitrogens is 1. The van der Waals surface area contributed by atoms with Gasteiger partial charge in [0.05, 0.1) is 18.0 Å². The topological polar surface area (TPSA) is 83.8 Å². The summed E-state index contributed by atoms with van der Waals surface area (Å²) in [5.41, 5.74) is 0.000802. The lowest BCUT2D eigenvalue weighted by molar-refractivity contribution is 0.0694. The summed E-state index contributed by atoms with van der Waals surface area (Å²) in [4.78, 5) is 26.1. The van der Waals surface area contributed by atoms with Crippen LogP contribution in [-0.2, 0) is 0 Å². The van der Waals surface area contributed by atoms with Crippen LogP contribution in [0.3, 0.4) is 0 Å². The number of halogens is 3. The van der Waals surface area contributed by atoms with Crippen molar-refractivity contribution in [2.45, 2.75) is 31.7 Å². The van der Waals surface area contributed by atoms with Crippen LogP contribution in [0.5, 0.6) is 5.75 Å². The summed E-state index contributed by atoms with van der Waals surface area (Å²) in [5, 5.41) is 12.2. The fraction of sp³-hybridized carbons (Fsp3) is 0.455. The molecule has 0 radical (unpaired) electrons. The number of aromatic carboxylic acids is 1. The fourth-order valence-corrected chi connectivity index (χ4v) is 4.29. The van der Waals surface area contributed by atoms with Crippen LogP contribution in [0.4, 0.5) is 14.5 Å². The Kier molecular flexibility index (Phi) is 7.09. The summed E-state index contributed by atoms with van der Waals surface area (Å²) in [5.74, 6) is -2.13. The second-order valence-corrected chi connectivity index (χ2v) is 8.02. The Morgan fingerprint density at radius 2 is 2.09 bits per heavy atom. The zero-order chi connectivity index (χ0) is 22.3. The van der Waals surface area contributed by atoms with Crippen LogP contribution in [0, 0.1) is 5.82 Å². The number of pyridine rings is 1. The second kappa shape index (κ2) is 9.46. The van der Waals surface area contributed by atoms with E-state index >= 15 is 4.39 Å². The number of nitrogens with zero attached hydrogens (tertiary/aromatic N) is 2. The Morgan fingerprint density at radius 3 is 2.69 bits per heavy atom. The third kappa shape index (κ3) is 4.19. The molecule has 0 amide bonds. The molecule has 1 aromatic heterocycles. The molecule has 1 aliphatic carbocycles. The number of fused-ring (bicyclic) bond motifs is 1. The SMILES string of the molecule is CNC/C(F)=C1\CCCN(c2c(F)cc3c(=O)c(C(=O)O)cn(C4CC4)c3c2OC)C1.Cl. The molecule has 1 saturated carbocycles. The summed E-state index contributed by atoms with van der Waals surface area (Å²) in [6.45, 7) is 0.836. The van der Waals surface area contributed by atoms with Gasteiger partial charge in [0, 0.05) is 31.9 Å². The minimum Gasteiger partial charge on any atom is -0.492 e. The first-order valence-corrected chi connectivity index (χ1v) is 10.3. The van der Waals surface area contributed by atoms with Crippen molar-refractivity contribution in [2.24, 2.45) is 0 Å². The molecule has 1 aliphatic heterocycles. The first-order valence-electron chi connectivity index (χ1n) is 10.3. The molecule has 2 aromatic rings. The zero-order valence-corrected chi connectivity index (χ0v) is 18.7. The van der Waals surface area contributed by atoms with E-state index in [-0.39, 0.29) is 54.2 Å². The monoisotopic (exact) mass is 469 g/mol. The molecule has 1 saturated heterocycles.